The van der Waals surface area contributed by atoms with Crippen LogP contribution in [0.5, 0.6) is 0 Å². The molecule has 100 valence electrons. The number of benzene rings is 1. The van der Waals surface area contributed by atoms with Crippen LogP contribution in [0.15, 0.2) is 47.4 Å². The summed E-state index contributed by atoms with van der Waals surface area (Å²) in [6, 6.07) is 10.6. The van der Waals surface area contributed by atoms with E-state index >= 15 is 0 Å². The standard InChI is InChI=1S/C14H11ClN4O/c15-11-5-6-13(16)18-12(11)8-19-14(20)10-4-2-1-3-9(10)7-17-19/h1-7H,8H2,(H2,16,18). The van der Waals surface area contributed by atoms with Crippen LogP contribution in [0.3, 0.4) is 0 Å². The first-order chi connectivity index (χ1) is 9.65. The molecule has 0 fully saturated rings. The van der Waals surface area contributed by atoms with Gasteiger partial charge in [-0.25, -0.2) is 9.67 Å². The molecule has 0 bridgehead atoms. The van der Waals surface area contributed by atoms with Crippen molar-refractivity contribution >= 4 is 28.2 Å². The molecule has 0 saturated carbocycles. The van der Waals surface area contributed by atoms with E-state index in [0.29, 0.717) is 21.9 Å². The number of hydrogen-bond donors (Lipinski definition) is 1. The molecule has 0 radical (unpaired) electrons. The number of aromatic nitrogens is 3. The molecule has 0 amide bonds. The lowest BCUT2D eigenvalue weighted by molar-refractivity contribution is 0.636. The van der Waals surface area contributed by atoms with Crippen LogP contribution in [-0.4, -0.2) is 14.8 Å². The molecule has 0 aliphatic carbocycles. The molecule has 2 aromatic heterocycles. The zero-order valence-electron chi connectivity index (χ0n) is 10.5. The van der Waals surface area contributed by atoms with Crippen LogP contribution in [0, 0.1) is 0 Å². The van der Waals surface area contributed by atoms with Crippen molar-refractivity contribution < 1.29 is 0 Å². The molecule has 5 nitrogen and oxygen atoms in total. The second kappa shape index (κ2) is 4.94. The van der Waals surface area contributed by atoms with Crippen LogP contribution in [0.4, 0.5) is 5.82 Å². The Morgan fingerprint density at radius 1 is 1.20 bits per heavy atom. The van der Waals surface area contributed by atoms with Gasteiger partial charge >= 0.3 is 0 Å². The Morgan fingerprint density at radius 3 is 2.85 bits per heavy atom. The van der Waals surface area contributed by atoms with E-state index in [9.17, 15) is 4.79 Å². The molecule has 6 heteroatoms. The lowest BCUT2D eigenvalue weighted by Gasteiger charge is -2.07. The average Bonchev–Trinajstić information content (AvgIpc) is 2.46. The SMILES string of the molecule is Nc1ccc(Cl)c(Cn2ncc3ccccc3c2=O)n1. The maximum atomic E-state index is 12.3. The van der Waals surface area contributed by atoms with Crippen LogP contribution in [0.1, 0.15) is 5.69 Å². The first-order valence-electron chi connectivity index (χ1n) is 6.01. The van der Waals surface area contributed by atoms with Gasteiger partial charge in [-0.2, -0.15) is 5.10 Å². The molecule has 0 atom stereocenters. The van der Waals surface area contributed by atoms with Gasteiger partial charge in [-0.1, -0.05) is 29.8 Å². The number of rotatable bonds is 2. The fourth-order valence-corrected chi connectivity index (χ4v) is 2.16. The first-order valence-corrected chi connectivity index (χ1v) is 6.39. The Balaban J connectivity index is 2.09. The van der Waals surface area contributed by atoms with Gasteiger partial charge in [0.1, 0.15) is 5.82 Å². The molecule has 2 heterocycles. The zero-order chi connectivity index (χ0) is 14.1. The Hall–Kier alpha value is -2.40. The normalized spacial score (nSPS) is 10.8. The molecule has 3 rings (SSSR count). The van der Waals surface area contributed by atoms with Crippen molar-refractivity contribution in [3.8, 4) is 0 Å². The molecule has 0 aliphatic rings. The molecule has 0 saturated heterocycles. The van der Waals surface area contributed by atoms with E-state index in [-0.39, 0.29) is 12.1 Å². The van der Waals surface area contributed by atoms with Gasteiger partial charge in [-0.3, -0.25) is 4.79 Å². The fraction of sp³-hybridized carbons (Fsp3) is 0.0714. The second-order valence-corrected chi connectivity index (χ2v) is 4.77. The number of anilines is 1. The highest BCUT2D eigenvalue weighted by Crippen LogP contribution is 2.16. The van der Waals surface area contributed by atoms with E-state index in [2.05, 4.69) is 10.1 Å². The summed E-state index contributed by atoms with van der Waals surface area (Å²) in [7, 11) is 0. The summed E-state index contributed by atoms with van der Waals surface area (Å²) in [6.07, 6.45) is 1.65. The molecular formula is C14H11ClN4O. The highest BCUT2D eigenvalue weighted by atomic mass is 35.5. The van der Waals surface area contributed by atoms with Gasteiger partial charge < -0.3 is 5.73 Å². The van der Waals surface area contributed by atoms with E-state index in [0.717, 1.165) is 5.39 Å². The van der Waals surface area contributed by atoms with E-state index in [4.69, 9.17) is 17.3 Å². The van der Waals surface area contributed by atoms with Crippen molar-refractivity contribution in [2.24, 2.45) is 0 Å². The van der Waals surface area contributed by atoms with E-state index in [1.165, 1.54) is 4.68 Å². The van der Waals surface area contributed by atoms with Crippen LogP contribution < -0.4 is 11.3 Å². The van der Waals surface area contributed by atoms with Crippen molar-refractivity contribution in [1.82, 2.24) is 14.8 Å². The number of pyridine rings is 1. The number of halogens is 1. The van der Waals surface area contributed by atoms with Gasteiger partial charge in [0, 0.05) is 5.39 Å². The summed E-state index contributed by atoms with van der Waals surface area (Å²) in [5.41, 5.74) is 5.98. The predicted octanol–water partition coefficient (Wildman–Crippen LogP) is 2.08. The van der Waals surface area contributed by atoms with Crippen LogP contribution in [0.25, 0.3) is 10.8 Å². The molecule has 2 N–H and O–H groups in total. The van der Waals surface area contributed by atoms with Crippen LogP contribution >= 0.6 is 11.6 Å². The first kappa shape index (κ1) is 12.6. The number of nitrogens with zero attached hydrogens (tertiary/aromatic N) is 3. The molecule has 0 unspecified atom stereocenters. The minimum Gasteiger partial charge on any atom is -0.384 e. The molecule has 1 aromatic carbocycles. The molecule has 20 heavy (non-hydrogen) atoms. The Morgan fingerprint density at radius 2 is 2.00 bits per heavy atom. The monoisotopic (exact) mass is 286 g/mol. The highest BCUT2D eigenvalue weighted by Gasteiger charge is 2.08. The smallest absolute Gasteiger partial charge is 0.274 e. The number of hydrogen-bond acceptors (Lipinski definition) is 4. The van der Waals surface area contributed by atoms with Crippen molar-refractivity contribution in [2.75, 3.05) is 5.73 Å². The maximum absolute atomic E-state index is 12.3. The zero-order valence-corrected chi connectivity index (χ0v) is 11.2. The summed E-state index contributed by atoms with van der Waals surface area (Å²) in [5.74, 6) is 0.359. The summed E-state index contributed by atoms with van der Waals surface area (Å²) in [4.78, 5) is 16.5. The van der Waals surface area contributed by atoms with Crippen molar-refractivity contribution in [3.05, 3.63) is 63.7 Å². The third-order valence-electron chi connectivity index (χ3n) is 3.00. The lowest BCUT2D eigenvalue weighted by Crippen LogP contribution is -2.24. The third-order valence-corrected chi connectivity index (χ3v) is 3.35. The van der Waals surface area contributed by atoms with Gasteiger partial charge in [0.05, 0.1) is 28.8 Å². The van der Waals surface area contributed by atoms with Crippen LogP contribution in [-0.2, 0) is 6.54 Å². The van der Waals surface area contributed by atoms with Crippen LogP contribution in [0.2, 0.25) is 5.02 Å². The van der Waals surface area contributed by atoms with Gasteiger partial charge in [0.15, 0.2) is 0 Å². The van der Waals surface area contributed by atoms with Crippen molar-refractivity contribution in [1.29, 1.82) is 0 Å². The van der Waals surface area contributed by atoms with E-state index in [1.807, 2.05) is 18.2 Å². The number of fused-ring (bicyclic) bond motifs is 1. The molecule has 0 spiro atoms. The highest BCUT2D eigenvalue weighted by molar-refractivity contribution is 6.31. The Kier molecular flexibility index (Phi) is 3.12. The largest absolute Gasteiger partial charge is 0.384 e. The molecular weight excluding hydrogens is 276 g/mol. The quantitative estimate of drug-likeness (QED) is 0.783. The summed E-state index contributed by atoms with van der Waals surface area (Å²) in [5, 5.41) is 6.02. The van der Waals surface area contributed by atoms with E-state index < -0.39 is 0 Å². The lowest BCUT2D eigenvalue weighted by atomic mass is 10.2. The minimum absolute atomic E-state index is 0.177. The summed E-state index contributed by atoms with van der Waals surface area (Å²) < 4.78 is 1.33. The van der Waals surface area contributed by atoms with Gasteiger partial charge in [-0.15, -0.1) is 0 Å². The third kappa shape index (κ3) is 2.23. The molecule has 3 aromatic rings. The van der Waals surface area contributed by atoms with Gasteiger partial charge in [-0.05, 0) is 18.2 Å². The minimum atomic E-state index is -0.177. The predicted molar refractivity (Wildman–Crippen MR) is 78.8 cm³/mol. The van der Waals surface area contributed by atoms with E-state index in [1.54, 1.807) is 24.4 Å². The molecule has 0 aliphatic heterocycles. The Bertz CT molecular complexity index is 844. The van der Waals surface area contributed by atoms with Crippen molar-refractivity contribution in [3.63, 3.8) is 0 Å². The maximum Gasteiger partial charge on any atom is 0.274 e. The number of nitrogens with two attached hydrogens (primary N) is 1. The summed E-state index contributed by atoms with van der Waals surface area (Å²) >= 11 is 6.06. The number of nitrogen functional groups attached to an aromatic ring is 1. The van der Waals surface area contributed by atoms with Gasteiger partial charge in [0.2, 0.25) is 0 Å². The Labute approximate surface area is 119 Å². The second-order valence-electron chi connectivity index (χ2n) is 4.36. The van der Waals surface area contributed by atoms with Crippen molar-refractivity contribution in [2.45, 2.75) is 6.54 Å². The summed E-state index contributed by atoms with van der Waals surface area (Å²) in [6.45, 7) is 0.188. The average molecular weight is 287 g/mol. The fourth-order valence-electron chi connectivity index (χ4n) is 1.99. The van der Waals surface area contributed by atoms with Gasteiger partial charge in [0.25, 0.3) is 5.56 Å². The topological polar surface area (TPSA) is 73.8 Å².